The molecule has 0 saturated carbocycles. The van der Waals surface area contributed by atoms with E-state index in [4.69, 9.17) is 0 Å². The van der Waals surface area contributed by atoms with Gasteiger partial charge in [0.25, 0.3) is 0 Å². The molecule has 0 atom stereocenters. The number of benzene rings is 1. The molecule has 2 heteroatoms. The zero-order valence-electron chi connectivity index (χ0n) is 11.0. The van der Waals surface area contributed by atoms with Gasteiger partial charge in [-0.3, -0.25) is 0 Å². The van der Waals surface area contributed by atoms with Crippen molar-refractivity contribution in [3.05, 3.63) is 29.8 Å². The van der Waals surface area contributed by atoms with Crippen LogP contribution in [0, 0.1) is 0 Å². The third-order valence-corrected chi connectivity index (χ3v) is 8.37. The summed E-state index contributed by atoms with van der Waals surface area (Å²) in [5.74, 6) is 0. The van der Waals surface area contributed by atoms with Crippen molar-refractivity contribution in [2.45, 2.75) is 21.4 Å². The Bertz CT molecular complexity index is 314. The van der Waals surface area contributed by atoms with Gasteiger partial charge in [0.2, 0.25) is 0 Å². The number of hydrogen-bond acceptors (Lipinski definition) is 0. The summed E-state index contributed by atoms with van der Waals surface area (Å²) in [7, 11) is 6.70. The zero-order chi connectivity index (χ0) is 11.7. The van der Waals surface area contributed by atoms with Gasteiger partial charge >= 0.3 is 98.8 Å². The average Bonchev–Trinajstić information content (AvgIpc) is 2.00. The SMILES string of the molecule is C[N+](C)(C)Cc1cc[c]([Sn]([CH3])([CH3])[CH3])cc1. The van der Waals surface area contributed by atoms with E-state index in [0.29, 0.717) is 0 Å². The molecule has 0 spiro atoms. The second-order valence-corrected chi connectivity index (χ2v) is 20.9. The Labute approximate surface area is 98.6 Å². The van der Waals surface area contributed by atoms with Crippen LogP contribution >= 0.6 is 0 Å². The van der Waals surface area contributed by atoms with E-state index in [2.05, 4.69) is 60.2 Å². The Morgan fingerprint density at radius 1 is 0.933 bits per heavy atom. The first-order valence-corrected chi connectivity index (χ1v) is 15.6. The van der Waals surface area contributed by atoms with E-state index in [9.17, 15) is 0 Å². The normalized spacial score (nSPS) is 12.9. The first-order chi connectivity index (χ1) is 6.68. The topological polar surface area (TPSA) is 0 Å². The number of hydrogen-bond donors (Lipinski definition) is 0. The molecule has 0 bridgehead atoms. The van der Waals surface area contributed by atoms with E-state index >= 15 is 0 Å². The van der Waals surface area contributed by atoms with E-state index in [0.717, 1.165) is 11.0 Å². The van der Waals surface area contributed by atoms with E-state index in [1.54, 1.807) is 3.58 Å². The Hall–Kier alpha value is -0.0213. The molecule has 0 unspecified atom stereocenters. The summed E-state index contributed by atoms with van der Waals surface area (Å²) in [6.07, 6.45) is 0. The molecule has 0 fully saturated rings. The fourth-order valence-electron chi connectivity index (χ4n) is 1.66. The van der Waals surface area contributed by atoms with Crippen LogP contribution in [0.4, 0.5) is 0 Å². The van der Waals surface area contributed by atoms with Crippen LogP contribution < -0.4 is 3.58 Å². The number of quaternary nitrogens is 1. The van der Waals surface area contributed by atoms with Gasteiger partial charge in [-0.25, -0.2) is 0 Å². The summed E-state index contributed by atoms with van der Waals surface area (Å²) in [5.41, 5.74) is 1.45. The molecule has 0 aromatic heterocycles. The minimum absolute atomic E-state index is 0.998. The summed E-state index contributed by atoms with van der Waals surface area (Å²) in [4.78, 5) is 7.39. The first kappa shape index (κ1) is 13.0. The van der Waals surface area contributed by atoms with Crippen molar-refractivity contribution in [1.82, 2.24) is 0 Å². The van der Waals surface area contributed by atoms with Crippen molar-refractivity contribution in [2.24, 2.45) is 0 Å². The van der Waals surface area contributed by atoms with Gasteiger partial charge in [-0.05, 0) is 0 Å². The fraction of sp³-hybridized carbons (Fsp3) is 0.538. The molecule has 0 N–H and O–H groups in total. The van der Waals surface area contributed by atoms with E-state index < -0.39 is 18.4 Å². The van der Waals surface area contributed by atoms with Crippen LogP contribution in [0.5, 0.6) is 0 Å². The summed E-state index contributed by atoms with van der Waals surface area (Å²) < 4.78 is 2.62. The third-order valence-electron chi connectivity index (χ3n) is 2.48. The van der Waals surface area contributed by atoms with Gasteiger partial charge in [0.05, 0.1) is 0 Å². The van der Waals surface area contributed by atoms with Gasteiger partial charge in [0.15, 0.2) is 0 Å². The van der Waals surface area contributed by atoms with Gasteiger partial charge in [0, 0.05) is 0 Å². The predicted octanol–water partition coefficient (Wildman–Crippen LogP) is 2.44. The summed E-state index contributed by atoms with van der Waals surface area (Å²) in [6.45, 7) is 1.11. The number of nitrogens with zero attached hydrogens (tertiary/aromatic N) is 1. The molecule has 1 aromatic rings. The van der Waals surface area contributed by atoms with Crippen LogP contribution in [0.25, 0.3) is 0 Å². The molecule has 15 heavy (non-hydrogen) atoms. The van der Waals surface area contributed by atoms with Crippen molar-refractivity contribution in [3.8, 4) is 0 Å². The summed E-state index contributed by atoms with van der Waals surface area (Å²) in [6, 6.07) is 9.31. The van der Waals surface area contributed by atoms with Gasteiger partial charge in [-0.2, -0.15) is 0 Å². The van der Waals surface area contributed by atoms with Crippen molar-refractivity contribution < 1.29 is 4.48 Å². The van der Waals surface area contributed by atoms with Crippen LogP contribution in [-0.2, 0) is 6.54 Å². The maximum absolute atomic E-state index is 2.46. The molecule has 0 amide bonds. The standard InChI is InChI=1S/C10H15N.3CH3.Sn/c1-11(2,3)9-10-7-5-4-6-8-10;;;;/h5-8H,9H2,1-3H3;3*1H3;/q+1;;;;. The molecule has 84 valence electrons. The third kappa shape index (κ3) is 4.56. The monoisotopic (exact) mass is 314 g/mol. The first-order valence-electron chi connectivity index (χ1n) is 5.58. The summed E-state index contributed by atoms with van der Waals surface area (Å²) >= 11 is -1.83. The zero-order valence-corrected chi connectivity index (χ0v) is 13.8. The second-order valence-electron chi connectivity index (χ2n) is 6.40. The van der Waals surface area contributed by atoms with Gasteiger partial charge in [0.1, 0.15) is 0 Å². The van der Waals surface area contributed by atoms with Crippen molar-refractivity contribution >= 4 is 22.0 Å². The quantitative estimate of drug-likeness (QED) is 0.594. The van der Waals surface area contributed by atoms with E-state index in [1.807, 2.05) is 0 Å². The molecular weight excluding hydrogens is 289 g/mol. The van der Waals surface area contributed by atoms with Crippen molar-refractivity contribution in [3.63, 3.8) is 0 Å². The Balaban J connectivity index is 2.82. The Kier molecular flexibility index (Phi) is 3.88. The predicted molar refractivity (Wildman–Crippen MR) is 71.2 cm³/mol. The second kappa shape index (κ2) is 4.46. The Morgan fingerprint density at radius 2 is 1.40 bits per heavy atom. The minimum atomic E-state index is -1.83. The molecule has 0 radical (unpaired) electrons. The van der Waals surface area contributed by atoms with Crippen LogP contribution in [0.3, 0.4) is 0 Å². The average molecular weight is 313 g/mol. The molecule has 1 rings (SSSR count). The van der Waals surface area contributed by atoms with Crippen LogP contribution in [0.15, 0.2) is 24.3 Å². The molecule has 1 nitrogen and oxygen atoms in total. The molecule has 1 aromatic carbocycles. The van der Waals surface area contributed by atoms with Crippen molar-refractivity contribution in [2.75, 3.05) is 21.1 Å². The molecule has 0 aliphatic carbocycles. The van der Waals surface area contributed by atoms with E-state index in [-0.39, 0.29) is 0 Å². The van der Waals surface area contributed by atoms with Gasteiger partial charge < -0.3 is 0 Å². The van der Waals surface area contributed by atoms with Crippen molar-refractivity contribution in [1.29, 1.82) is 0 Å². The summed E-state index contributed by atoms with van der Waals surface area (Å²) in [5, 5.41) is 0. The fourth-order valence-corrected chi connectivity index (χ4v) is 4.99. The van der Waals surface area contributed by atoms with Gasteiger partial charge in [-0.15, -0.1) is 0 Å². The van der Waals surface area contributed by atoms with Crippen LogP contribution in [-0.4, -0.2) is 44.0 Å². The molecule has 0 heterocycles. The molecule has 0 aliphatic heterocycles. The van der Waals surface area contributed by atoms with E-state index in [1.165, 1.54) is 5.56 Å². The van der Waals surface area contributed by atoms with Gasteiger partial charge in [-0.1, -0.05) is 0 Å². The molecule has 0 aliphatic rings. The molecular formula is C13H24NSn+. The number of rotatable bonds is 3. The van der Waals surface area contributed by atoms with Crippen LogP contribution in [0.1, 0.15) is 5.56 Å². The maximum atomic E-state index is 2.46. The Morgan fingerprint density at radius 3 is 1.73 bits per heavy atom. The molecule has 0 saturated heterocycles. The van der Waals surface area contributed by atoms with Crippen LogP contribution in [0.2, 0.25) is 14.8 Å².